The van der Waals surface area contributed by atoms with E-state index in [1.165, 1.54) is 37.8 Å². The first-order valence-corrected chi connectivity index (χ1v) is 13.1. The SMILES string of the molecule is COCCCC(=O)CCCC1CCC(CCN2CCN(c3cccc(C(F)(F)F)c3F)CC2)CC1. The van der Waals surface area contributed by atoms with E-state index < -0.39 is 17.6 Å². The van der Waals surface area contributed by atoms with Crippen molar-refractivity contribution in [2.75, 3.05) is 51.3 Å². The third-order valence-electron chi connectivity index (χ3n) is 7.69. The number of rotatable bonds is 12. The predicted molar refractivity (Wildman–Crippen MR) is 130 cm³/mol. The Labute approximate surface area is 207 Å². The van der Waals surface area contributed by atoms with E-state index in [-0.39, 0.29) is 5.69 Å². The lowest BCUT2D eigenvalue weighted by Crippen LogP contribution is -2.47. The molecule has 2 aliphatic rings. The first kappa shape index (κ1) is 27.9. The second kappa shape index (κ2) is 13.6. The molecule has 0 N–H and O–H groups in total. The highest BCUT2D eigenvalue weighted by atomic mass is 19.4. The van der Waals surface area contributed by atoms with Crippen LogP contribution in [0.4, 0.5) is 23.2 Å². The summed E-state index contributed by atoms with van der Waals surface area (Å²) in [6.07, 6.45) is 5.71. The van der Waals surface area contributed by atoms with Crippen LogP contribution in [-0.4, -0.2) is 57.1 Å². The molecular formula is C27H40F4N2O2. The second-order valence-electron chi connectivity index (χ2n) is 10.2. The fourth-order valence-corrected chi connectivity index (χ4v) is 5.50. The van der Waals surface area contributed by atoms with E-state index in [0.717, 1.165) is 63.2 Å². The Morgan fingerprint density at radius 1 is 0.971 bits per heavy atom. The molecule has 4 nitrogen and oxygen atoms in total. The normalized spacial score (nSPS) is 21.9. The standard InChI is InChI=1S/C27H40F4N2O2/c1-35-20-4-7-23(34)6-2-5-21-10-12-22(13-11-21)14-15-32-16-18-33(19-17-32)25-9-3-8-24(26(25)28)27(29,30)31/h3,8-9,21-22H,2,4-7,10-20H2,1H3. The summed E-state index contributed by atoms with van der Waals surface area (Å²) in [6.45, 7) is 4.20. The number of ether oxygens (including phenoxy) is 1. The molecule has 0 amide bonds. The molecular weight excluding hydrogens is 460 g/mol. The number of ketones is 1. The number of carbonyl (C=O) groups excluding carboxylic acids is 1. The van der Waals surface area contributed by atoms with Gasteiger partial charge in [0.25, 0.3) is 0 Å². The molecule has 35 heavy (non-hydrogen) atoms. The van der Waals surface area contributed by atoms with Crippen LogP contribution in [0.15, 0.2) is 18.2 Å². The molecule has 0 unspecified atom stereocenters. The molecule has 1 aromatic rings. The largest absolute Gasteiger partial charge is 0.419 e. The Kier molecular flexibility index (Phi) is 10.8. The highest BCUT2D eigenvalue weighted by molar-refractivity contribution is 5.78. The van der Waals surface area contributed by atoms with Gasteiger partial charge < -0.3 is 9.64 Å². The number of alkyl halides is 3. The van der Waals surface area contributed by atoms with Crippen molar-refractivity contribution in [2.45, 2.75) is 70.4 Å². The average molecular weight is 501 g/mol. The topological polar surface area (TPSA) is 32.8 Å². The summed E-state index contributed by atoms with van der Waals surface area (Å²) >= 11 is 0. The highest BCUT2D eigenvalue weighted by Gasteiger charge is 2.36. The molecule has 198 valence electrons. The molecule has 1 saturated carbocycles. The Balaban J connectivity index is 1.31. The Bertz CT molecular complexity index is 786. The first-order chi connectivity index (χ1) is 16.8. The van der Waals surface area contributed by atoms with E-state index in [0.29, 0.717) is 38.3 Å². The molecule has 3 rings (SSSR count). The molecule has 0 aromatic heterocycles. The average Bonchev–Trinajstić information content (AvgIpc) is 2.83. The number of anilines is 1. The summed E-state index contributed by atoms with van der Waals surface area (Å²) in [4.78, 5) is 16.0. The van der Waals surface area contributed by atoms with Gasteiger partial charge in [-0.25, -0.2) is 4.39 Å². The summed E-state index contributed by atoms with van der Waals surface area (Å²) in [5, 5.41) is 0. The number of nitrogens with zero attached hydrogens (tertiary/aromatic N) is 2. The maximum absolute atomic E-state index is 14.5. The number of halogens is 4. The van der Waals surface area contributed by atoms with Gasteiger partial charge in [0.15, 0.2) is 5.82 Å². The Morgan fingerprint density at radius 2 is 1.60 bits per heavy atom. The number of hydrogen-bond acceptors (Lipinski definition) is 4. The van der Waals surface area contributed by atoms with Crippen molar-refractivity contribution < 1.29 is 27.1 Å². The lowest BCUT2D eigenvalue weighted by molar-refractivity contribution is -0.139. The number of benzene rings is 1. The molecule has 0 atom stereocenters. The summed E-state index contributed by atoms with van der Waals surface area (Å²) in [6, 6.07) is 3.52. The van der Waals surface area contributed by atoms with Crippen LogP contribution in [0.2, 0.25) is 0 Å². The third-order valence-corrected chi connectivity index (χ3v) is 7.69. The van der Waals surface area contributed by atoms with Gasteiger partial charge in [0.05, 0.1) is 11.3 Å². The summed E-state index contributed by atoms with van der Waals surface area (Å²) < 4.78 is 58.5. The maximum atomic E-state index is 14.5. The van der Waals surface area contributed by atoms with Gasteiger partial charge in [0.2, 0.25) is 0 Å². The zero-order valence-electron chi connectivity index (χ0n) is 20.9. The fourth-order valence-electron chi connectivity index (χ4n) is 5.50. The maximum Gasteiger partial charge on any atom is 0.419 e. The van der Waals surface area contributed by atoms with Crippen LogP contribution in [0, 0.1) is 17.7 Å². The molecule has 1 aliphatic carbocycles. The third kappa shape index (κ3) is 8.74. The zero-order chi connectivity index (χ0) is 25.3. The van der Waals surface area contributed by atoms with Crippen LogP contribution >= 0.6 is 0 Å². The van der Waals surface area contributed by atoms with Crippen molar-refractivity contribution >= 4 is 11.5 Å². The van der Waals surface area contributed by atoms with Gasteiger partial charge in [0.1, 0.15) is 5.78 Å². The van der Waals surface area contributed by atoms with Crippen molar-refractivity contribution in [1.29, 1.82) is 0 Å². The minimum absolute atomic E-state index is 0.0504. The van der Waals surface area contributed by atoms with Crippen molar-refractivity contribution in [3.63, 3.8) is 0 Å². The quantitative estimate of drug-likeness (QED) is 0.248. The lowest BCUT2D eigenvalue weighted by atomic mass is 9.78. The number of Topliss-reactive ketones (excluding diaryl/α,β-unsaturated/α-hetero) is 1. The molecule has 1 aliphatic heterocycles. The monoisotopic (exact) mass is 500 g/mol. The van der Waals surface area contributed by atoms with Crippen LogP contribution < -0.4 is 4.90 Å². The fraction of sp³-hybridized carbons (Fsp3) is 0.741. The van der Waals surface area contributed by atoms with Gasteiger partial charge in [0, 0.05) is 52.7 Å². The van der Waals surface area contributed by atoms with Gasteiger partial charge in [-0.15, -0.1) is 0 Å². The molecule has 1 saturated heterocycles. The van der Waals surface area contributed by atoms with Crippen LogP contribution in [-0.2, 0) is 15.7 Å². The van der Waals surface area contributed by atoms with E-state index in [2.05, 4.69) is 4.90 Å². The first-order valence-electron chi connectivity index (χ1n) is 13.1. The Hall–Kier alpha value is -1.67. The minimum atomic E-state index is -4.68. The van der Waals surface area contributed by atoms with E-state index in [1.54, 1.807) is 12.0 Å². The molecule has 0 spiro atoms. The number of hydrogen-bond donors (Lipinski definition) is 0. The summed E-state index contributed by atoms with van der Waals surface area (Å²) in [7, 11) is 1.66. The van der Waals surface area contributed by atoms with Crippen LogP contribution in [0.5, 0.6) is 0 Å². The number of piperazine rings is 1. The minimum Gasteiger partial charge on any atom is -0.385 e. The van der Waals surface area contributed by atoms with Gasteiger partial charge >= 0.3 is 6.18 Å². The van der Waals surface area contributed by atoms with Crippen LogP contribution in [0.1, 0.15) is 69.8 Å². The van der Waals surface area contributed by atoms with E-state index in [4.69, 9.17) is 4.74 Å². The van der Waals surface area contributed by atoms with Gasteiger partial charge in [-0.3, -0.25) is 9.69 Å². The lowest BCUT2D eigenvalue weighted by Gasteiger charge is -2.37. The molecule has 1 heterocycles. The van der Waals surface area contributed by atoms with Crippen LogP contribution in [0.3, 0.4) is 0 Å². The van der Waals surface area contributed by atoms with Crippen LogP contribution in [0.25, 0.3) is 0 Å². The van der Waals surface area contributed by atoms with Gasteiger partial charge in [-0.2, -0.15) is 13.2 Å². The van der Waals surface area contributed by atoms with Crippen molar-refractivity contribution in [3.05, 3.63) is 29.6 Å². The van der Waals surface area contributed by atoms with Gasteiger partial charge in [-0.1, -0.05) is 38.2 Å². The summed E-state index contributed by atoms with van der Waals surface area (Å²) in [5.41, 5.74) is -1.14. The molecule has 1 aromatic carbocycles. The predicted octanol–water partition coefficient (Wildman–Crippen LogP) is 6.33. The van der Waals surface area contributed by atoms with Gasteiger partial charge in [-0.05, 0) is 49.8 Å². The van der Waals surface area contributed by atoms with E-state index in [9.17, 15) is 22.4 Å². The van der Waals surface area contributed by atoms with Crippen molar-refractivity contribution in [2.24, 2.45) is 11.8 Å². The zero-order valence-corrected chi connectivity index (χ0v) is 20.9. The number of carbonyl (C=O) groups is 1. The molecule has 0 bridgehead atoms. The van der Waals surface area contributed by atoms with E-state index >= 15 is 0 Å². The molecule has 8 heteroatoms. The van der Waals surface area contributed by atoms with Crippen molar-refractivity contribution in [3.8, 4) is 0 Å². The molecule has 0 radical (unpaired) electrons. The second-order valence-corrected chi connectivity index (χ2v) is 10.2. The van der Waals surface area contributed by atoms with Crippen molar-refractivity contribution in [1.82, 2.24) is 4.90 Å². The summed E-state index contributed by atoms with van der Waals surface area (Å²) in [5.74, 6) is 0.650. The Morgan fingerprint density at radius 3 is 2.23 bits per heavy atom. The van der Waals surface area contributed by atoms with E-state index in [1.807, 2.05) is 0 Å². The molecule has 2 fully saturated rings. The number of methoxy groups -OCH3 is 1. The smallest absolute Gasteiger partial charge is 0.385 e. The highest BCUT2D eigenvalue weighted by Crippen LogP contribution is 2.36.